The van der Waals surface area contributed by atoms with Gasteiger partial charge in [0.05, 0.1) is 18.1 Å². The SMILES string of the molecule is CCCCC[C@H]1CC[C@H](c2ccc(-c3cncc(F)n3)cc2)CC1. The van der Waals surface area contributed by atoms with Crippen molar-refractivity contribution in [1.82, 2.24) is 9.97 Å². The van der Waals surface area contributed by atoms with Crippen molar-refractivity contribution in [3.05, 3.63) is 48.2 Å². The molecule has 1 aromatic heterocycles. The molecule has 128 valence electrons. The molecule has 0 aliphatic heterocycles. The summed E-state index contributed by atoms with van der Waals surface area (Å²) in [5, 5.41) is 0. The summed E-state index contributed by atoms with van der Waals surface area (Å²) in [7, 11) is 0. The number of benzene rings is 1. The zero-order valence-electron chi connectivity index (χ0n) is 14.5. The molecule has 0 N–H and O–H groups in total. The second-order valence-corrected chi connectivity index (χ2v) is 7.06. The fourth-order valence-electron chi connectivity index (χ4n) is 3.87. The lowest BCUT2D eigenvalue weighted by molar-refractivity contribution is 0.303. The van der Waals surface area contributed by atoms with E-state index < -0.39 is 5.95 Å². The largest absolute Gasteiger partial charge is 0.258 e. The fourth-order valence-corrected chi connectivity index (χ4v) is 3.87. The van der Waals surface area contributed by atoms with Crippen LogP contribution >= 0.6 is 0 Å². The number of hydrogen-bond donors (Lipinski definition) is 0. The van der Waals surface area contributed by atoms with Crippen molar-refractivity contribution in [2.45, 2.75) is 64.2 Å². The molecule has 1 aliphatic carbocycles. The van der Waals surface area contributed by atoms with Gasteiger partial charge >= 0.3 is 0 Å². The van der Waals surface area contributed by atoms with Crippen LogP contribution in [0.2, 0.25) is 0 Å². The molecular formula is C21H27FN2. The number of nitrogens with zero attached hydrogens (tertiary/aromatic N) is 2. The molecule has 1 heterocycles. The highest BCUT2D eigenvalue weighted by Gasteiger charge is 2.22. The summed E-state index contributed by atoms with van der Waals surface area (Å²) in [6, 6.07) is 8.46. The van der Waals surface area contributed by atoms with Crippen molar-refractivity contribution < 1.29 is 4.39 Å². The maximum atomic E-state index is 13.2. The van der Waals surface area contributed by atoms with Crippen LogP contribution in [0.25, 0.3) is 11.3 Å². The van der Waals surface area contributed by atoms with Gasteiger partial charge in [0.15, 0.2) is 0 Å². The molecule has 1 aromatic carbocycles. The topological polar surface area (TPSA) is 25.8 Å². The van der Waals surface area contributed by atoms with E-state index in [4.69, 9.17) is 0 Å². The second kappa shape index (κ2) is 8.36. The van der Waals surface area contributed by atoms with E-state index >= 15 is 0 Å². The average molecular weight is 326 g/mol. The zero-order chi connectivity index (χ0) is 16.8. The maximum Gasteiger partial charge on any atom is 0.231 e. The Balaban J connectivity index is 1.57. The van der Waals surface area contributed by atoms with Gasteiger partial charge in [-0.05, 0) is 43.1 Å². The first-order chi connectivity index (χ1) is 11.8. The van der Waals surface area contributed by atoms with Crippen LogP contribution in [0.1, 0.15) is 69.8 Å². The van der Waals surface area contributed by atoms with E-state index in [0.29, 0.717) is 11.6 Å². The molecule has 0 unspecified atom stereocenters. The van der Waals surface area contributed by atoms with E-state index in [0.717, 1.165) is 17.7 Å². The number of hydrogen-bond acceptors (Lipinski definition) is 2. The van der Waals surface area contributed by atoms with Gasteiger partial charge in [0.2, 0.25) is 5.95 Å². The smallest absolute Gasteiger partial charge is 0.231 e. The monoisotopic (exact) mass is 326 g/mol. The molecule has 3 heteroatoms. The Bertz CT molecular complexity index is 631. The highest BCUT2D eigenvalue weighted by molar-refractivity contribution is 5.58. The number of halogens is 1. The van der Waals surface area contributed by atoms with Crippen molar-refractivity contribution in [1.29, 1.82) is 0 Å². The minimum absolute atomic E-state index is 0.530. The minimum atomic E-state index is -0.530. The molecule has 2 aromatic rings. The average Bonchev–Trinajstić information content (AvgIpc) is 2.63. The lowest BCUT2D eigenvalue weighted by Gasteiger charge is -2.29. The van der Waals surface area contributed by atoms with Crippen molar-refractivity contribution in [3.63, 3.8) is 0 Å². The third-order valence-corrected chi connectivity index (χ3v) is 5.35. The van der Waals surface area contributed by atoms with Gasteiger partial charge in [-0.1, -0.05) is 56.9 Å². The molecule has 0 radical (unpaired) electrons. The molecule has 2 nitrogen and oxygen atoms in total. The molecular weight excluding hydrogens is 299 g/mol. The van der Waals surface area contributed by atoms with Crippen LogP contribution in [0.4, 0.5) is 4.39 Å². The summed E-state index contributed by atoms with van der Waals surface area (Å²) >= 11 is 0. The van der Waals surface area contributed by atoms with Crippen molar-refractivity contribution in [3.8, 4) is 11.3 Å². The summed E-state index contributed by atoms with van der Waals surface area (Å²) in [4.78, 5) is 7.78. The predicted octanol–water partition coefficient (Wildman–Crippen LogP) is 6.14. The molecule has 0 atom stereocenters. The molecule has 0 bridgehead atoms. The molecule has 0 spiro atoms. The Hall–Kier alpha value is -1.77. The van der Waals surface area contributed by atoms with Gasteiger partial charge < -0.3 is 0 Å². The maximum absolute atomic E-state index is 13.2. The third kappa shape index (κ3) is 4.40. The van der Waals surface area contributed by atoms with Crippen molar-refractivity contribution in [2.75, 3.05) is 0 Å². The summed E-state index contributed by atoms with van der Waals surface area (Å²) in [5.74, 6) is 1.09. The summed E-state index contributed by atoms with van der Waals surface area (Å²) in [5.41, 5.74) is 2.94. The van der Waals surface area contributed by atoms with Gasteiger partial charge in [0.25, 0.3) is 0 Å². The highest BCUT2D eigenvalue weighted by Crippen LogP contribution is 2.38. The van der Waals surface area contributed by atoms with E-state index in [1.54, 1.807) is 6.20 Å². The van der Waals surface area contributed by atoms with E-state index in [2.05, 4.69) is 29.0 Å². The zero-order valence-corrected chi connectivity index (χ0v) is 14.5. The summed E-state index contributed by atoms with van der Waals surface area (Å²) in [6.07, 6.45) is 13.6. The molecule has 3 rings (SSSR count). The first kappa shape index (κ1) is 17.1. The van der Waals surface area contributed by atoms with Crippen LogP contribution in [0.15, 0.2) is 36.7 Å². The third-order valence-electron chi connectivity index (χ3n) is 5.35. The van der Waals surface area contributed by atoms with E-state index in [1.165, 1.54) is 56.9 Å². The van der Waals surface area contributed by atoms with Gasteiger partial charge in [0.1, 0.15) is 0 Å². The van der Waals surface area contributed by atoms with E-state index in [9.17, 15) is 4.39 Å². The van der Waals surface area contributed by atoms with Crippen molar-refractivity contribution >= 4 is 0 Å². The summed E-state index contributed by atoms with van der Waals surface area (Å²) < 4.78 is 13.2. The van der Waals surface area contributed by atoms with Crippen molar-refractivity contribution in [2.24, 2.45) is 5.92 Å². The Morgan fingerprint density at radius 2 is 1.75 bits per heavy atom. The molecule has 24 heavy (non-hydrogen) atoms. The van der Waals surface area contributed by atoms with Gasteiger partial charge in [-0.25, -0.2) is 4.98 Å². The standard InChI is InChI=1S/C21H27FN2/c1-2-3-4-5-16-6-8-17(9-7-16)18-10-12-19(13-11-18)20-14-23-15-21(22)24-20/h10-17H,2-9H2,1H3/t16-,17-. The van der Waals surface area contributed by atoms with E-state index in [-0.39, 0.29) is 0 Å². The van der Waals surface area contributed by atoms with Gasteiger partial charge in [-0.15, -0.1) is 0 Å². The van der Waals surface area contributed by atoms with Crippen LogP contribution in [0.3, 0.4) is 0 Å². The van der Waals surface area contributed by atoms with Crippen LogP contribution in [-0.4, -0.2) is 9.97 Å². The van der Waals surface area contributed by atoms with Gasteiger partial charge in [0, 0.05) is 5.56 Å². The Kier molecular flexibility index (Phi) is 5.95. The second-order valence-electron chi connectivity index (χ2n) is 7.06. The molecule has 1 saturated carbocycles. The van der Waals surface area contributed by atoms with Crippen LogP contribution in [-0.2, 0) is 0 Å². The van der Waals surface area contributed by atoms with Crippen LogP contribution in [0, 0.1) is 11.9 Å². The first-order valence-corrected chi connectivity index (χ1v) is 9.34. The minimum Gasteiger partial charge on any atom is -0.258 e. The highest BCUT2D eigenvalue weighted by atomic mass is 19.1. The van der Waals surface area contributed by atoms with Crippen LogP contribution < -0.4 is 0 Å². The Morgan fingerprint density at radius 1 is 1.00 bits per heavy atom. The number of rotatable bonds is 6. The Morgan fingerprint density at radius 3 is 2.42 bits per heavy atom. The molecule has 0 saturated heterocycles. The lowest BCUT2D eigenvalue weighted by atomic mass is 9.77. The predicted molar refractivity (Wildman–Crippen MR) is 96.3 cm³/mol. The molecule has 1 aliphatic rings. The van der Waals surface area contributed by atoms with Crippen LogP contribution in [0.5, 0.6) is 0 Å². The summed E-state index contributed by atoms with van der Waals surface area (Å²) in [6.45, 7) is 2.27. The molecule has 1 fully saturated rings. The lowest BCUT2D eigenvalue weighted by Crippen LogP contribution is -2.13. The normalized spacial score (nSPS) is 20.9. The number of aromatic nitrogens is 2. The van der Waals surface area contributed by atoms with Gasteiger partial charge in [-0.2, -0.15) is 4.39 Å². The van der Waals surface area contributed by atoms with Gasteiger partial charge in [-0.3, -0.25) is 4.98 Å². The number of unbranched alkanes of at least 4 members (excludes halogenated alkanes) is 2. The fraction of sp³-hybridized carbons (Fsp3) is 0.524. The first-order valence-electron chi connectivity index (χ1n) is 9.34. The Labute approximate surface area is 144 Å². The van der Waals surface area contributed by atoms with E-state index in [1.807, 2.05) is 12.1 Å². The quantitative estimate of drug-likeness (QED) is 0.596. The molecule has 0 amide bonds.